The summed E-state index contributed by atoms with van der Waals surface area (Å²) in [6.45, 7) is 3.93. The number of aliphatic carboxylic acids is 2. The zero-order valence-electron chi connectivity index (χ0n) is 22.1. The molecular weight excluding hydrogens is 510 g/mol. The fourth-order valence-corrected chi connectivity index (χ4v) is 3.64. The summed E-state index contributed by atoms with van der Waals surface area (Å²) in [6, 6.07) is 3.90. The monoisotopic (exact) mass is 549 g/mol. The molecule has 39 heavy (non-hydrogen) atoms. The third-order valence-corrected chi connectivity index (χ3v) is 5.55. The van der Waals surface area contributed by atoms with Crippen molar-refractivity contribution in [3.8, 4) is 0 Å². The Morgan fingerprint density at radius 1 is 0.872 bits per heavy atom. The van der Waals surface area contributed by atoms with Gasteiger partial charge in [0.25, 0.3) is 0 Å². The van der Waals surface area contributed by atoms with Gasteiger partial charge in [0.15, 0.2) is 5.96 Å². The molecule has 0 aliphatic carbocycles. The number of rotatable bonds is 17. The highest BCUT2D eigenvalue weighted by Gasteiger charge is 2.31. The van der Waals surface area contributed by atoms with Gasteiger partial charge in [-0.05, 0) is 30.7 Å². The topological polar surface area (TPSA) is 252 Å². The Balaban J connectivity index is 3.16. The fraction of sp³-hybridized carbons (Fsp3) is 0.520. The number of hydrogen-bond donors (Lipinski definition) is 8. The van der Waals surface area contributed by atoms with Gasteiger partial charge in [-0.2, -0.15) is 0 Å². The molecule has 0 saturated carbocycles. The summed E-state index contributed by atoms with van der Waals surface area (Å²) < 4.78 is 0. The normalized spacial score (nSPS) is 13.8. The van der Waals surface area contributed by atoms with E-state index in [-0.39, 0.29) is 37.7 Å². The molecular formula is C25H39N7O7. The molecule has 4 atom stereocenters. The molecule has 14 heteroatoms. The highest BCUT2D eigenvalue weighted by molar-refractivity contribution is 5.94. The highest BCUT2D eigenvalue weighted by atomic mass is 16.4. The lowest BCUT2D eigenvalue weighted by Crippen LogP contribution is -2.57. The summed E-state index contributed by atoms with van der Waals surface area (Å²) in [5, 5.41) is 25.6. The van der Waals surface area contributed by atoms with Crippen LogP contribution < -0.4 is 33.2 Å². The lowest BCUT2D eigenvalue weighted by atomic mass is 10.0. The molecule has 0 aliphatic heterocycles. The number of carbonyl (C=O) groups excluding carboxylic acids is 3. The van der Waals surface area contributed by atoms with E-state index in [0.717, 1.165) is 5.56 Å². The number of carbonyl (C=O) groups is 5. The van der Waals surface area contributed by atoms with Crippen LogP contribution in [-0.4, -0.2) is 76.5 Å². The summed E-state index contributed by atoms with van der Waals surface area (Å²) in [5.74, 6) is -5.18. The van der Waals surface area contributed by atoms with Crippen molar-refractivity contribution >= 4 is 35.6 Å². The van der Waals surface area contributed by atoms with Crippen molar-refractivity contribution in [2.45, 2.75) is 70.1 Å². The minimum absolute atomic E-state index is 0.00731. The average molecular weight is 550 g/mol. The van der Waals surface area contributed by atoms with Crippen LogP contribution in [0.5, 0.6) is 0 Å². The Morgan fingerprint density at radius 3 is 1.97 bits per heavy atom. The van der Waals surface area contributed by atoms with Crippen molar-refractivity contribution < 1.29 is 34.2 Å². The molecule has 0 aliphatic rings. The number of nitrogens with two attached hydrogens (primary N) is 3. The van der Waals surface area contributed by atoms with Crippen LogP contribution in [0, 0.1) is 5.92 Å². The predicted molar refractivity (Wildman–Crippen MR) is 143 cm³/mol. The van der Waals surface area contributed by atoms with E-state index in [0.29, 0.717) is 6.42 Å². The Labute approximate surface area is 226 Å². The number of hydrogen-bond acceptors (Lipinski definition) is 7. The molecule has 4 unspecified atom stereocenters. The highest BCUT2D eigenvalue weighted by Crippen LogP contribution is 2.08. The Hall–Kier alpha value is -4.20. The first-order valence-electron chi connectivity index (χ1n) is 12.5. The number of nitrogens with one attached hydrogen (secondary N) is 3. The van der Waals surface area contributed by atoms with Crippen molar-refractivity contribution in [1.29, 1.82) is 0 Å². The molecule has 1 aromatic carbocycles. The smallest absolute Gasteiger partial charge is 0.326 e. The number of carboxylic acid groups (broad SMARTS) is 2. The second-order valence-corrected chi connectivity index (χ2v) is 9.49. The Morgan fingerprint density at radius 2 is 1.44 bits per heavy atom. The quantitative estimate of drug-likeness (QED) is 0.0645. The second-order valence-electron chi connectivity index (χ2n) is 9.49. The van der Waals surface area contributed by atoms with Crippen LogP contribution in [0.15, 0.2) is 35.3 Å². The van der Waals surface area contributed by atoms with Crippen molar-refractivity contribution in [2.75, 3.05) is 6.54 Å². The molecule has 216 valence electrons. The van der Waals surface area contributed by atoms with Gasteiger partial charge in [-0.3, -0.25) is 24.2 Å². The summed E-state index contributed by atoms with van der Waals surface area (Å²) >= 11 is 0. The maximum atomic E-state index is 13.4. The average Bonchev–Trinajstić information content (AvgIpc) is 2.84. The van der Waals surface area contributed by atoms with Crippen molar-refractivity contribution in [2.24, 2.45) is 28.1 Å². The van der Waals surface area contributed by atoms with Gasteiger partial charge >= 0.3 is 11.9 Å². The molecule has 0 spiro atoms. The zero-order valence-corrected chi connectivity index (χ0v) is 22.1. The van der Waals surface area contributed by atoms with E-state index in [1.54, 1.807) is 30.3 Å². The SMILES string of the molecule is CC(C)CC(N)C(=O)NC(Cc1ccccc1)C(=O)NC(CCCN=C(N)N)C(=O)NC(CC(=O)O)C(=O)O. The molecule has 0 radical (unpaired) electrons. The standard InChI is InChI=1S/C25H39N7O7/c1-14(2)11-16(26)21(35)31-18(12-15-7-4-3-5-8-15)23(37)30-17(9-6-10-29-25(27)28)22(36)32-19(24(38)39)13-20(33)34/h3-5,7-8,14,16-19H,6,9-13,26H2,1-2H3,(H,30,37)(H,31,35)(H,32,36)(H,33,34)(H,38,39)(H4,27,28,29). The van der Waals surface area contributed by atoms with Gasteiger partial charge in [0.2, 0.25) is 17.7 Å². The van der Waals surface area contributed by atoms with Gasteiger partial charge < -0.3 is 43.4 Å². The second kappa shape index (κ2) is 16.6. The van der Waals surface area contributed by atoms with Gasteiger partial charge in [0.05, 0.1) is 12.5 Å². The van der Waals surface area contributed by atoms with Crippen LogP contribution in [0.25, 0.3) is 0 Å². The largest absolute Gasteiger partial charge is 0.481 e. The van der Waals surface area contributed by atoms with E-state index in [2.05, 4.69) is 20.9 Å². The predicted octanol–water partition coefficient (Wildman–Crippen LogP) is -1.33. The van der Waals surface area contributed by atoms with Gasteiger partial charge in [0.1, 0.15) is 18.1 Å². The number of guanidine groups is 1. The Bertz CT molecular complexity index is 1010. The van der Waals surface area contributed by atoms with Crippen molar-refractivity contribution in [3.63, 3.8) is 0 Å². The molecule has 11 N–H and O–H groups in total. The zero-order chi connectivity index (χ0) is 29.5. The van der Waals surface area contributed by atoms with Crippen LogP contribution in [0.3, 0.4) is 0 Å². The first-order valence-corrected chi connectivity index (χ1v) is 12.5. The van der Waals surface area contributed by atoms with Crippen LogP contribution in [-0.2, 0) is 30.4 Å². The summed E-state index contributed by atoms with van der Waals surface area (Å²) in [7, 11) is 0. The van der Waals surface area contributed by atoms with Crippen LogP contribution in [0.1, 0.15) is 45.1 Å². The van der Waals surface area contributed by atoms with E-state index >= 15 is 0 Å². The fourth-order valence-electron chi connectivity index (χ4n) is 3.64. The first kappa shape index (κ1) is 32.8. The Kier molecular flexibility index (Phi) is 14.0. The van der Waals surface area contributed by atoms with Crippen LogP contribution in [0.2, 0.25) is 0 Å². The van der Waals surface area contributed by atoms with Crippen LogP contribution >= 0.6 is 0 Å². The van der Waals surface area contributed by atoms with Gasteiger partial charge in [-0.1, -0.05) is 44.2 Å². The number of nitrogens with zero attached hydrogens (tertiary/aromatic N) is 1. The number of aliphatic imine (C=N–C) groups is 1. The van der Waals surface area contributed by atoms with E-state index in [1.165, 1.54) is 0 Å². The van der Waals surface area contributed by atoms with E-state index in [4.69, 9.17) is 22.3 Å². The van der Waals surface area contributed by atoms with Crippen molar-refractivity contribution in [1.82, 2.24) is 16.0 Å². The maximum absolute atomic E-state index is 13.4. The summed E-state index contributed by atoms with van der Waals surface area (Å²) in [5.41, 5.74) is 17.4. The molecule has 3 amide bonds. The molecule has 1 aromatic rings. The van der Waals surface area contributed by atoms with E-state index < -0.39 is 60.2 Å². The minimum atomic E-state index is -1.72. The summed E-state index contributed by atoms with van der Waals surface area (Å²) in [6.07, 6.45) is -0.169. The molecule has 14 nitrogen and oxygen atoms in total. The van der Waals surface area contributed by atoms with Crippen molar-refractivity contribution in [3.05, 3.63) is 35.9 Å². The van der Waals surface area contributed by atoms with Crippen LogP contribution in [0.4, 0.5) is 0 Å². The first-order chi connectivity index (χ1) is 18.3. The summed E-state index contributed by atoms with van der Waals surface area (Å²) in [4.78, 5) is 65.4. The maximum Gasteiger partial charge on any atom is 0.326 e. The molecule has 0 bridgehead atoms. The number of amides is 3. The van der Waals surface area contributed by atoms with Gasteiger partial charge in [0, 0.05) is 13.0 Å². The van der Waals surface area contributed by atoms with Gasteiger partial charge in [-0.15, -0.1) is 0 Å². The molecule has 0 fully saturated rings. The van der Waals surface area contributed by atoms with E-state index in [1.807, 2.05) is 13.8 Å². The lowest BCUT2D eigenvalue weighted by Gasteiger charge is -2.25. The number of benzene rings is 1. The molecule has 1 rings (SSSR count). The molecule has 0 saturated heterocycles. The minimum Gasteiger partial charge on any atom is -0.481 e. The lowest BCUT2D eigenvalue weighted by molar-refractivity contribution is -0.147. The third kappa shape index (κ3) is 13.2. The third-order valence-electron chi connectivity index (χ3n) is 5.55. The molecule has 0 heterocycles. The number of carboxylic acids is 2. The molecule has 0 aromatic heterocycles. The van der Waals surface area contributed by atoms with Gasteiger partial charge in [-0.25, -0.2) is 4.79 Å². The van der Waals surface area contributed by atoms with E-state index in [9.17, 15) is 29.1 Å².